The van der Waals surface area contributed by atoms with E-state index in [0.29, 0.717) is 16.8 Å². The summed E-state index contributed by atoms with van der Waals surface area (Å²) in [5, 5.41) is 15.5. The largest absolute Gasteiger partial charge is 0.384 e. The average Bonchev–Trinajstić information content (AvgIpc) is 2.90. The van der Waals surface area contributed by atoms with Crippen molar-refractivity contribution in [2.75, 3.05) is 5.32 Å². The molecule has 0 fully saturated rings. The van der Waals surface area contributed by atoms with Crippen LogP contribution in [0.1, 0.15) is 49.4 Å². The Kier molecular flexibility index (Phi) is 8.95. The second kappa shape index (κ2) is 12.3. The van der Waals surface area contributed by atoms with Gasteiger partial charge in [-0.1, -0.05) is 86.6 Å². The van der Waals surface area contributed by atoms with E-state index in [0.717, 1.165) is 16.3 Å². The highest BCUT2D eigenvalue weighted by Gasteiger charge is 2.30. The second-order valence-electron chi connectivity index (χ2n) is 8.12. The van der Waals surface area contributed by atoms with Crippen molar-refractivity contribution in [3.05, 3.63) is 114 Å². The van der Waals surface area contributed by atoms with Crippen LogP contribution in [0.25, 0.3) is 10.8 Å². The summed E-state index contributed by atoms with van der Waals surface area (Å²) >= 11 is 0. The van der Waals surface area contributed by atoms with Crippen LogP contribution in [0.4, 0.5) is 5.69 Å². The van der Waals surface area contributed by atoms with Crippen LogP contribution in [0, 0.1) is 5.41 Å². The molecule has 0 saturated heterocycles. The SMILES string of the molecule is CC.CC(NC(=O)C(C(=O)Nc1ccc(C(=N)N)cc1)c1ccccc1)c1cccc2ccccc12. The first kappa shape index (κ1) is 26.2. The number of nitrogens with one attached hydrogen (secondary N) is 3. The van der Waals surface area contributed by atoms with E-state index in [9.17, 15) is 9.59 Å². The molecule has 36 heavy (non-hydrogen) atoms. The standard InChI is InChI=1S/C28H26N4O2.C2H6/c1-18(23-13-7-11-19-8-5-6-12-24(19)23)31-27(33)25(20-9-3-2-4-10-20)28(34)32-22-16-14-21(15-17-22)26(29)30;1-2/h2-18,25H,1H3,(H3,29,30)(H,31,33)(H,32,34);1-2H3. The Morgan fingerprint density at radius 2 is 1.39 bits per heavy atom. The zero-order valence-corrected chi connectivity index (χ0v) is 20.8. The van der Waals surface area contributed by atoms with Crippen molar-refractivity contribution in [1.29, 1.82) is 5.41 Å². The first-order chi connectivity index (χ1) is 17.4. The van der Waals surface area contributed by atoms with Gasteiger partial charge in [0.1, 0.15) is 11.8 Å². The number of fused-ring (bicyclic) bond motifs is 1. The summed E-state index contributed by atoms with van der Waals surface area (Å²) in [6.07, 6.45) is 0. The average molecular weight is 481 g/mol. The predicted octanol–water partition coefficient (Wildman–Crippen LogP) is 5.75. The monoisotopic (exact) mass is 480 g/mol. The highest BCUT2D eigenvalue weighted by molar-refractivity contribution is 6.11. The van der Waals surface area contributed by atoms with Gasteiger partial charge in [-0.2, -0.15) is 0 Å². The second-order valence-corrected chi connectivity index (χ2v) is 8.12. The van der Waals surface area contributed by atoms with Crippen LogP contribution < -0.4 is 16.4 Å². The first-order valence-electron chi connectivity index (χ1n) is 12.0. The molecule has 0 saturated carbocycles. The number of amides is 2. The van der Waals surface area contributed by atoms with Gasteiger partial charge in [-0.05, 0) is 53.1 Å². The fraction of sp³-hybridized carbons (Fsp3) is 0.167. The number of rotatable bonds is 7. The lowest BCUT2D eigenvalue weighted by Crippen LogP contribution is -2.37. The van der Waals surface area contributed by atoms with Crippen LogP contribution >= 0.6 is 0 Å². The van der Waals surface area contributed by atoms with Crippen LogP contribution in [0.2, 0.25) is 0 Å². The van der Waals surface area contributed by atoms with E-state index in [1.807, 2.05) is 69.3 Å². The van der Waals surface area contributed by atoms with Crippen molar-refractivity contribution in [3.63, 3.8) is 0 Å². The molecule has 5 N–H and O–H groups in total. The molecule has 4 aromatic carbocycles. The molecule has 4 aromatic rings. The Morgan fingerprint density at radius 1 is 0.778 bits per heavy atom. The minimum Gasteiger partial charge on any atom is -0.384 e. The summed E-state index contributed by atoms with van der Waals surface area (Å²) in [5.41, 5.74) is 8.16. The zero-order valence-electron chi connectivity index (χ0n) is 20.8. The number of nitrogens with two attached hydrogens (primary N) is 1. The van der Waals surface area contributed by atoms with Gasteiger partial charge in [-0.3, -0.25) is 15.0 Å². The van der Waals surface area contributed by atoms with E-state index < -0.39 is 11.8 Å². The normalized spacial score (nSPS) is 12.0. The van der Waals surface area contributed by atoms with Gasteiger partial charge in [-0.15, -0.1) is 0 Å². The quantitative estimate of drug-likeness (QED) is 0.154. The lowest BCUT2D eigenvalue weighted by Gasteiger charge is -2.22. The number of hydrogen-bond acceptors (Lipinski definition) is 3. The number of hydrogen-bond donors (Lipinski definition) is 4. The first-order valence-corrected chi connectivity index (χ1v) is 12.0. The van der Waals surface area contributed by atoms with Crippen molar-refractivity contribution in [2.45, 2.75) is 32.7 Å². The van der Waals surface area contributed by atoms with E-state index in [1.54, 1.807) is 48.5 Å². The Bertz CT molecular complexity index is 1330. The topological polar surface area (TPSA) is 108 Å². The van der Waals surface area contributed by atoms with Gasteiger partial charge in [0.2, 0.25) is 11.8 Å². The maximum Gasteiger partial charge on any atom is 0.241 e. The maximum atomic E-state index is 13.4. The molecule has 6 heteroatoms. The van der Waals surface area contributed by atoms with Crippen LogP contribution in [0.15, 0.2) is 97.1 Å². The summed E-state index contributed by atoms with van der Waals surface area (Å²) in [7, 11) is 0. The van der Waals surface area contributed by atoms with Crippen molar-refractivity contribution < 1.29 is 9.59 Å². The fourth-order valence-electron chi connectivity index (χ4n) is 4.02. The number of carbonyl (C=O) groups excluding carboxylic acids is 2. The Morgan fingerprint density at radius 3 is 2.06 bits per heavy atom. The number of nitrogen functional groups attached to an aromatic ring is 1. The number of amidine groups is 1. The molecule has 2 atom stereocenters. The molecule has 0 heterocycles. The predicted molar refractivity (Wildman–Crippen MR) is 147 cm³/mol. The highest BCUT2D eigenvalue weighted by atomic mass is 16.2. The summed E-state index contributed by atoms with van der Waals surface area (Å²) in [4.78, 5) is 26.7. The molecule has 0 aliphatic carbocycles. The molecule has 0 radical (unpaired) electrons. The molecule has 2 unspecified atom stereocenters. The van der Waals surface area contributed by atoms with Crippen LogP contribution in [0.5, 0.6) is 0 Å². The molecule has 0 spiro atoms. The lowest BCUT2D eigenvalue weighted by molar-refractivity contribution is -0.129. The van der Waals surface area contributed by atoms with E-state index in [4.69, 9.17) is 11.1 Å². The maximum absolute atomic E-state index is 13.4. The minimum atomic E-state index is -1.04. The van der Waals surface area contributed by atoms with Crippen molar-refractivity contribution in [2.24, 2.45) is 5.73 Å². The molecule has 0 bridgehead atoms. The van der Waals surface area contributed by atoms with Crippen molar-refractivity contribution in [1.82, 2.24) is 5.32 Å². The number of benzene rings is 4. The van der Waals surface area contributed by atoms with E-state index in [2.05, 4.69) is 10.6 Å². The van der Waals surface area contributed by atoms with E-state index in [-0.39, 0.29) is 17.8 Å². The zero-order chi connectivity index (χ0) is 26.1. The molecule has 0 aromatic heterocycles. The van der Waals surface area contributed by atoms with Crippen LogP contribution in [-0.4, -0.2) is 17.6 Å². The highest BCUT2D eigenvalue weighted by Crippen LogP contribution is 2.26. The number of anilines is 1. The third kappa shape index (κ3) is 6.16. The fourth-order valence-corrected chi connectivity index (χ4v) is 4.02. The molecule has 2 amide bonds. The Labute approximate surface area is 212 Å². The smallest absolute Gasteiger partial charge is 0.241 e. The third-order valence-electron chi connectivity index (χ3n) is 5.77. The van der Waals surface area contributed by atoms with Crippen molar-refractivity contribution in [3.8, 4) is 0 Å². The summed E-state index contributed by atoms with van der Waals surface area (Å²) in [6, 6.07) is 29.3. The molecule has 184 valence electrons. The Balaban J connectivity index is 0.00000176. The van der Waals surface area contributed by atoms with Gasteiger partial charge in [-0.25, -0.2) is 0 Å². The van der Waals surface area contributed by atoms with Gasteiger partial charge < -0.3 is 16.4 Å². The van der Waals surface area contributed by atoms with Crippen LogP contribution in [0.3, 0.4) is 0 Å². The molecular formula is C30H32N4O2. The van der Waals surface area contributed by atoms with Crippen LogP contribution in [-0.2, 0) is 9.59 Å². The summed E-state index contributed by atoms with van der Waals surface area (Å²) in [6.45, 7) is 5.92. The van der Waals surface area contributed by atoms with Gasteiger partial charge in [0.05, 0.1) is 6.04 Å². The molecule has 0 aliphatic rings. The molecular weight excluding hydrogens is 448 g/mol. The summed E-state index contributed by atoms with van der Waals surface area (Å²) in [5.74, 6) is -1.91. The molecule has 0 aliphatic heterocycles. The van der Waals surface area contributed by atoms with Gasteiger partial charge in [0.25, 0.3) is 0 Å². The number of carbonyl (C=O) groups is 2. The van der Waals surface area contributed by atoms with E-state index >= 15 is 0 Å². The van der Waals surface area contributed by atoms with Crippen molar-refractivity contribution >= 4 is 34.1 Å². The molecule has 4 rings (SSSR count). The van der Waals surface area contributed by atoms with E-state index in [1.165, 1.54) is 0 Å². The summed E-state index contributed by atoms with van der Waals surface area (Å²) < 4.78 is 0. The molecule has 6 nitrogen and oxygen atoms in total. The van der Waals surface area contributed by atoms with Gasteiger partial charge >= 0.3 is 0 Å². The minimum absolute atomic E-state index is 0.0539. The lowest BCUT2D eigenvalue weighted by atomic mass is 9.95. The Hall–Kier alpha value is -4.45. The third-order valence-corrected chi connectivity index (χ3v) is 5.77. The van der Waals surface area contributed by atoms with Gasteiger partial charge in [0, 0.05) is 11.3 Å². The van der Waals surface area contributed by atoms with Gasteiger partial charge in [0.15, 0.2) is 0 Å².